The van der Waals surface area contributed by atoms with Crippen molar-refractivity contribution >= 4 is 17.4 Å². The summed E-state index contributed by atoms with van der Waals surface area (Å²) in [6, 6.07) is 11.4. The minimum Gasteiger partial charge on any atom is -0.393 e. The SMILES string of the molecule is O=C(N1CCC(O)CC1)N1CC(C2=NC(c3cccc(F)c3)=CC2)CC(c2cccc(C(F)(F)F)c2)C1. The average Bonchev–Trinajstić information content (AvgIpc) is 3.39. The number of carbonyl (C=O) groups excluding carboxylic acids is 1. The fourth-order valence-electron chi connectivity index (χ4n) is 5.50. The van der Waals surface area contributed by atoms with Crippen molar-refractivity contribution in [2.45, 2.75) is 43.9 Å². The lowest BCUT2D eigenvalue weighted by molar-refractivity contribution is -0.137. The monoisotopic (exact) mass is 515 g/mol. The Kier molecular flexibility index (Phi) is 7.07. The summed E-state index contributed by atoms with van der Waals surface area (Å²) in [7, 11) is 0. The maximum Gasteiger partial charge on any atom is 0.416 e. The molecule has 3 aliphatic rings. The first-order valence-electron chi connectivity index (χ1n) is 12.6. The number of rotatable bonds is 3. The van der Waals surface area contributed by atoms with Crippen molar-refractivity contribution in [2.24, 2.45) is 10.9 Å². The highest BCUT2D eigenvalue weighted by Crippen LogP contribution is 2.37. The van der Waals surface area contributed by atoms with Crippen LogP contribution in [0.4, 0.5) is 22.4 Å². The van der Waals surface area contributed by atoms with Crippen LogP contribution in [-0.2, 0) is 6.18 Å². The van der Waals surface area contributed by atoms with Crippen LogP contribution in [0.1, 0.15) is 48.3 Å². The lowest BCUT2D eigenvalue weighted by Gasteiger charge is -2.41. The van der Waals surface area contributed by atoms with Gasteiger partial charge in [-0.3, -0.25) is 4.99 Å². The van der Waals surface area contributed by atoms with Crippen LogP contribution < -0.4 is 0 Å². The summed E-state index contributed by atoms with van der Waals surface area (Å²) >= 11 is 0. The minimum atomic E-state index is -4.45. The Bertz CT molecular complexity index is 1220. The van der Waals surface area contributed by atoms with Crippen LogP contribution in [0.15, 0.2) is 59.6 Å². The molecule has 37 heavy (non-hydrogen) atoms. The molecule has 0 bridgehead atoms. The van der Waals surface area contributed by atoms with E-state index in [0.717, 1.165) is 11.8 Å². The summed E-state index contributed by atoms with van der Waals surface area (Å²) in [5.41, 5.74) is 2.02. The number of aliphatic hydroxyl groups excluding tert-OH is 1. The van der Waals surface area contributed by atoms with E-state index >= 15 is 0 Å². The van der Waals surface area contributed by atoms with Crippen LogP contribution in [0, 0.1) is 11.7 Å². The van der Waals surface area contributed by atoms with Crippen molar-refractivity contribution in [1.82, 2.24) is 9.80 Å². The number of halogens is 4. The second kappa shape index (κ2) is 10.3. The van der Waals surface area contributed by atoms with E-state index in [1.807, 2.05) is 6.08 Å². The molecule has 5 rings (SSSR count). The maximum absolute atomic E-state index is 13.7. The summed E-state index contributed by atoms with van der Waals surface area (Å²) in [4.78, 5) is 21.6. The van der Waals surface area contributed by atoms with Crippen LogP contribution >= 0.6 is 0 Å². The highest BCUT2D eigenvalue weighted by molar-refractivity contribution is 5.97. The highest BCUT2D eigenvalue weighted by Gasteiger charge is 2.37. The van der Waals surface area contributed by atoms with Crippen LogP contribution in [0.3, 0.4) is 0 Å². The average molecular weight is 516 g/mol. The van der Waals surface area contributed by atoms with Crippen molar-refractivity contribution in [1.29, 1.82) is 0 Å². The maximum atomic E-state index is 13.7. The molecule has 5 nitrogen and oxygen atoms in total. The standard InChI is InChI=1S/C28H29F4N3O2/c29-23-6-2-4-19(15-23)25-7-8-26(33-25)21-13-20(18-3-1-5-22(14-18)28(30,31)32)16-35(17-21)27(37)34-11-9-24(36)10-12-34/h1-7,14-15,20-21,24,36H,8-13,16-17H2. The van der Waals surface area contributed by atoms with Gasteiger partial charge in [-0.2, -0.15) is 13.2 Å². The van der Waals surface area contributed by atoms with Gasteiger partial charge in [0.1, 0.15) is 5.82 Å². The summed E-state index contributed by atoms with van der Waals surface area (Å²) in [5, 5.41) is 9.83. The zero-order valence-corrected chi connectivity index (χ0v) is 20.3. The molecular weight excluding hydrogens is 486 g/mol. The van der Waals surface area contributed by atoms with Gasteiger partial charge in [-0.1, -0.05) is 36.4 Å². The first-order chi connectivity index (χ1) is 17.7. The van der Waals surface area contributed by atoms with Crippen LogP contribution in [-0.4, -0.2) is 58.9 Å². The van der Waals surface area contributed by atoms with E-state index in [-0.39, 0.29) is 23.7 Å². The molecule has 0 aliphatic carbocycles. The zero-order chi connectivity index (χ0) is 26.2. The van der Waals surface area contributed by atoms with Gasteiger partial charge in [-0.25, -0.2) is 9.18 Å². The molecule has 2 amide bonds. The van der Waals surface area contributed by atoms with E-state index in [1.54, 1.807) is 28.0 Å². The van der Waals surface area contributed by atoms with Crippen LogP contribution in [0.2, 0.25) is 0 Å². The molecule has 2 fully saturated rings. The Balaban J connectivity index is 1.41. The Morgan fingerprint density at radius 2 is 1.70 bits per heavy atom. The van der Waals surface area contributed by atoms with Gasteiger partial charge in [0.2, 0.25) is 0 Å². The molecule has 0 radical (unpaired) electrons. The number of allylic oxidation sites excluding steroid dienone is 1. The third-order valence-corrected chi connectivity index (χ3v) is 7.50. The zero-order valence-electron chi connectivity index (χ0n) is 20.3. The normalized spacial score (nSPS) is 23.2. The smallest absolute Gasteiger partial charge is 0.393 e. The summed E-state index contributed by atoms with van der Waals surface area (Å²) < 4.78 is 54.0. The molecule has 2 saturated heterocycles. The second-order valence-electron chi connectivity index (χ2n) is 10.1. The number of alkyl halides is 3. The van der Waals surface area contributed by atoms with Gasteiger partial charge in [0.25, 0.3) is 0 Å². The first-order valence-corrected chi connectivity index (χ1v) is 12.6. The molecule has 196 valence electrons. The van der Waals surface area contributed by atoms with Crippen molar-refractivity contribution in [3.8, 4) is 0 Å². The number of amides is 2. The largest absolute Gasteiger partial charge is 0.416 e. The molecule has 3 heterocycles. The van der Waals surface area contributed by atoms with Crippen molar-refractivity contribution in [2.75, 3.05) is 26.2 Å². The molecule has 0 spiro atoms. The summed E-state index contributed by atoms with van der Waals surface area (Å²) in [6.07, 6.45) is -0.821. The number of benzene rings is 2. The number of nitrogens with zero attached hydrogens (tertiary/aromatic N) is 3. The van der Waals surface area contributed by atoms with Crippen molar-refractivity contribution in [3.63, 3.8) is 0 Å². The molecular formula is C28H29F4N3O2. The Morgan fingerprint density at radius 1 is 0.973 bits per heavy atom. The molecule has 9 heteroatoms. The molecule has 2 atom stereocenters. The molecule has 2 aromatic carbocycles. The summed E-state index contributed by atoms with van der Waals surface area (Å²) in [6.45, 7) is 1.62. The Morgan fingerprint density at radius 3 is 2.43 bits per heavy atom. The van der Waals surface area contributed by atoms with Crippen LogP contribution in [0.5, 0.6) is 0 Å². The molecule has 1 N–H and O–H groups in total. The van der Waals surface area contributed by atoms with E-state index in [0.29, 0.717) is 68.7 Å². The second-order valence-corrected chi connectivity index (χ2v) is 10.1. The predicted molar refractivity (Wildman–Crippen MR) is 133 cm³/mol. The van der Waals surface area contributed by atoms with Crippen LogP contribution in [0.25, 0.3) is 5.70 Å². The number of hydrogen-bond donors (Lipinski definition) is 1. The van der Waals surface area contributed by atoms with Gasteiger partial charge in [-0.15, -0.1) is 0 Å². The molecule has 2 aromatic rings. The molecule has 2 unspecified atom stereocenters. The Hall–Kier alpha value is -3.20. The van der Waals surface area contributed by atoms with Gasteiger partial charge in [-0.05, 0) is 43.0 Å². The fourth-order valence-corrected chi connectivity index (χ4v) is 5.50. The Labute approximate surface area is 213 Å². The lowest BCUT2D eigenvalue weighted by Crippen LogP contribution is -2.52. The third-order valence-electron chi connectivity index (χ3n) is 7.50. The minimum absolute atomic E-state index is 0.144. The third kappa shape index (κ3) is 5.71. The van der Waals surface area contributed by atoms with Gasteiger partial charge in [0, 0.05) is 55.7 Å². The number of piperidine rings is 2. The molecule has 0 saturated carbocycles. The number of carbonyl (C=O) groups is 1. The molecule has 3 aliphatic heterocycles. The van der Waals surface area contributed by atoms with Gasteiger partial charge >= 0.3 is 12.2 Å². The predicted octanol–water partition coefficient (Wildman–Crippen LogP) is 5.71. The van der Waals surface area contributed by atoms with Gasteiger partial charge < -0.3 is 14.9 Å². The number of urea groups is 1. The van der Waals surface area contributed by atoms with Crippen molar-refractivity contribution < 1.29 is 27.5 Å². The number of hydrogen-bond acceptors (Lipinski definition) is 3. The number of likely N-dealkylation sites (tertiary alicyclic amines) is 2. The first kappa shape index (κ1) is 25.4. The van der Waals surface area contributed by atoms with E-state index in [4.69, 9.17) is 4.99 Å². The van der Waals surface area contributed by atoms with Gasteiger partial charge in [0.15, 0.2) is 0 Å². The van der Waals surface area contributed by atoms with E-state index in [9.17, 15) is 27.5 Å². The van der Waals surface area contributed by atoms with Gasteiger partial charge in [0.05, 0.1) is 17.4 Å². The van der Waals surface area contributed by atoms with E-state index < -0.39 is 17.8 Å². The molecule has 0 aromatic heterocycles. The quantitative estimate of drug-likeness (QED) is 0.533. The topological polar surface area (TPSA) is 56.1 Å². The lowest BCUT2D eigenvalue weighted by atomic mass is 9.81. The number of aliphatic imine (C=N–C) groups is 1. The number of aliphatic hydroxyl groups is 1. The fraction of sp³-hybridized carbons (Fsp3) is 0.429. The van der Waals surface area contributed by atoms with E-state index in [1.165, 1.54) is 24.3 Å². The van der Waals surface area contributed by atoms with Crippen molar-refractivity contribution in [3.05, 3.63) is 77.1 Å². The van der Waals surface area contributed by atoms with E-state index in [2.05, 4.69) is 0 Å². The summed E-state index contributed by atoms with van der Waals surface area (Å²) in [5.74, 6) is -0.788. The highest BCUT2D eigenvalue weighted by atomic mass is 19.4.